The summed E-state index contributed by atoms with van der Waals surface area (Å²) >= 11 is 0. The van der Waals surface area contributed by atoms with Crippen LogP contribution in [0.15, 0.2) is 23.3 Å². The third kappa shape index (κ3) is 2.84. The number of aldehydes is 1. The number of allylic oxidation sites excluding steroid dienone is 3. The van der Waals surface area contributed by atoms with Crippen LogP contribution in [0.1, 0.15) is 99.8 Å². The lowest BCUT2D eigenvalue weighted by molar-refractivity contribution is -0.129. The summed E-state index contributed by atoms with van der Waals surface area (Å²) in [5, 5.41) is 10.9. The average Bonchev–Trinajstić information content (AvgIpc) is 3.39. The molecule has 1 heterocycles. The molecule has 1 spiro atoms. The number of aliphatic hydroxyl groups excluding tert-OH is 1. The quantitative estimate of drug-likeness (QED) is 0.219. The van der Waals surface area contributed by atoms with Gasteiger partial charge in [-0.15, -0.1) is 0 Å². The number of epoxide rings is 1. The van der Waals surface area contributed by atoms with Gasteiger partial charge in [0.25, 0.3) is 0 Å². The normalized spacial score (nSPS) is 50.9. The fourth-order valence-electron chi connectivity index (χ4n) is 9.89. The van der Waals surface area contributed by atoms with Crippen molar-refractivity contribution in [1.82, 2.24) is 0 Å². The summed E-state index contributed by atoms with van der Waals surface area (Å²) in [6, 6.07) is 0. The highest BCUT2D eigenvalue weighted by atomic mass is 16.6. The van der Waals surface area contributed by atoms with Gasteiger partial charge in [-0.05, 0) is 103 Å². The molecule has 5 aliphatic rings. The second-order valence-electron chi connectivity index (χ2n) is 13.8. The Hall–Kier alpha value is -0.930. The van der Waals surface area contributed by atoms with E-state index in [4.69, 9.17) is 4.74 Å². The van der Waals surface area contributed by atoms with Gasteiger partial charge in [0.05, 0.1) is 12.2 Å². The van der Waals surface area contributed by atoms with Crippen molar-refractivity contribution in [3.8, 4) is 0 Å². The van der Waals surface area contributed by atoms with Crippen LogP contribution >= 0.6 is 0 Å². The van der Waals surface area contributed by atoms with Crippen LogP contribution in [0.3, 0.4) is 0 Å². The number of carbonyl (C=O) groups excluding carboxylic acids is 1. The number of carbonyl (C=O) groups is 1. The Morgan fingerprint density at radius 1 is 1.18 bits per heavy atom. The minimum Gasteiger partial charge on any atom is -0.393 e. The monoisotopic (exact) mass is 454 g/mol. The molecule has 184 valence electrons. The first kappa shape index (κ1) is 23.8. The fraction of sp³-hybridized carbons (Fsp3) is 0.833. The number of fused-ring (bicyclic) bond motifs is 3. The molecule has 0 radical (unpaired) electrons. The van der Waals surface area contributed by atoms with E-state index in [1.54, 1.807) is 5.57 Å². The van der Waals surface area contributed by atoms with Crippen LogP contribution in [0, 0.1) is 39.4 Å². The zero-order valence-electron chi connectivity index (χ0n) is 22.0. The van der Waals surface area contributed by atoms with Crippen LogP contribution in [-0.2, 0) is 9.53 Å². The zero-order chi connectivity index (χ0) is 24.0. The van der Waals surface area contributed by atoms with Gasteiger partial charge in [-0.3, -0.25) is 4.79 Å². The van der Waals surface area contributed by atoms with E-state index in [-0.39, 0.29) is 33.4 Å². The molecule has 0 aromatic rings. The van der Waals surface area contributed by atoms with E-state index in [0.29, 0.717) is 23.9 Å². The first-order valence-corrected chi connectivity index (χ1v) is 13.6. The highest BCUT2D eigenvalue weighted by molar-refractivity contribution is 5.71. The molecular weight excluding hydrogens is 408 g/mol. The molecule has 4 aliphatic carbocycles. The van der Waals surface area contributed by atoms with Gasteiger partial charge in [-0.1, -0.05) is 53.7 Å². The van der Waals surface area contributed by atoms with Crippen molar-refractivity contribution in [2.24, 2.45) is 39.4 Å². The van der Waals surface area contributed by atoms with Gasteiger partial charge in [-0.25, -0.2) is 0 Å². The number of rotatable bonds is 5. The lowest BCUT2D eigenvalue weighted by Gasteiger charge is -2.62. The Labute approximate surface area is 201 Å². The standard InChI is InChI=1S/C30H46O3/c1-19(18-31)9-8-10-20(2)21-13-15-27(5)23-12-11-22-26(3,4)24(32)14-16-28(22,6)30(23)25(33-30)17-29(21,27)7/h9,12,18,20-22,24-25,32H,8,10-11,13-17H2,1-7H3. The van der Waals surface area contributed by atoms with Gasteiger partial charge in [0, 0.05) is 5.41 Å². The second kappa shape index (κ2) is 7.29. The minimum absolute atomic E-state index is 0.0676. The van der Waals surface area contributed by atoms with Gasteiger partial charge in [0.2, 0.25) is 0 Å². The van der Waals surface area contributed by atoms with Crippen molar-refractivity contribution in [3.05, 3.63) is 23.3 Å². The summed E-state index contributed by atoms with van der Waals surface area (Å²) in [6.07, 6.45) is 14.7. The van der Waals surface area contributed by atoms with E-state index in [0.717, 1.165) is 44.0 Å². The van der Waals surface area contributed by atoms with Gasteiger partial charge in [-0.2, -0.15) is 0 Å². The summed E-state index contributed by atoms with van der Waals surface area (Å²) in [7, 11) is 0. The molecule has 0 bridgehead atoms. The first-order chi connectivity index (χ1) is 15.4. The molecule has 3 saturated carbocycles. The maximum absolute atomic E-state index is 11.0. The fourth-order valence-corrected chi connectivity index (χ4v) is 9.89. The molecule has 3 heteroatoms. The summed E-state index contributed by atoms with van der Waals surface area (Å²) < 4.78 is 6.89. The molecule has 1 N–H and O–H groups in total. The van der Waals surface area contributed by atoms with Crippen molar-refractivity contribution in [1.29, 1.82) is 0 Å². The topological polar surface area (TPSA) is 49.8 Å². The Morgan fingerprint density at radius 3 is 2.61 bits per heavy atom. The largest absolute Gasteiger partial charge is 0.393 e. The van der Waals surface area contributed by atoms with Crippen molar-refractivity contribution < 1.29 is 14.6 Å². The predicted molar refractivity (Wildman–Crippen MR) is 133 cm³/mol. The number of hydrogen-bond donors (Lipinski definition) is 1. The molecule has 3 nitrogen and oxygen atoms in total. The molecule has 1 aliphatic heterocycles. The van der Waals surface area contributed by atoms with Gasteiger partial charge >= 0.3 is 0 Å². The first-order valence-electron chi connectivity index (χ1n) is 13.6. The van der Waals surface area contributed by atoms with Gasteiger partial charge < -0.3 is 9.84 Å². The number of hydrogen-bond acceptors (Lipinski definition) is 3. The Balaban J connectivity index is 1.46. The molecule has 4 fully saturated rings. The Bertz CT molecular complexity index is 900. The van der Waals surface area contributed by atoms with Crippen LogP contribution < -0.4 is 0 Å². The Kier molecular flexibility index (Phi) is 5.26. The molecule has 1 saturated heterocycles. The molecule has 5 rings (SSSR count). The third-order valence-electron chi connectivity index (χ3n) is 12.2. The van der Waals surface area contributed by atoms with E-state index in [1.165, 1.54) is 19.3 Å². The zero-order valence-corrected chi connectivity index (χ0v) is 22.0. The van der Waals surface area contributed by atoms with Crippen molar-refractivity contribution in [2.45, 2.75) is 118 Å². The van der Waals surface area contributed by atoms with E-state index in [1.807, 2.05) is 6.92 Å². The summed E-state index contributed by atoms with van der Waals surface area (Å²) in [4.78, 5) is 11.0. The number of aliphatic hydroxyl groups is 1. The van der Waals surface area contributed by atoms with E-state index >= 15 is 0 Å². The molecule has 0 amide bonds. The van der Waals surface area contributed by atoms with Gasteiger partial charge in [0.15, 0.2) is 0 Å². The molecule has 9 unspecified atom stereocenters. The third-order valence-corrected chi connectivity index (χ3v) is 12.2. The minimum atomic E-state index is -0.211. The van der Waals surface area contributed by atoms with Crippen LogP contribution in [0.5, 0.6) is 0 Å². The SMILES string of the molecule is CC(C=O)=CCCC(C)C1CCC2(C)C3=CCC4C(C)(C)C(O)CCC4(C)C34OC4CC12C. The molecule has 9 atom stereocenters. The van der Waals surface area contributed by atoms with Crippen molar-refractivity contribution in [2.75, 3.05) is 0 Å². The van der Waals surface area contributed by atoms with Crippen LogP contribution in [0.2, 0.25) is 0 Å². The van der Waals surface area contributed by atoms with Crippen molar-refractivity contribution >= 4 is 6.29 Å². The highest BCUT2D eigenvalue weighted by Gasteiger charge is 2.81. The highest BCUT2D eigenvalue weighted by Crippen LogP contribution is 2.80. The van der Waals surface area contributed by atoms with Crippen LogP contribution in [0.25, 0.3) is 0 Å². The second-order valence-corrected chi connectivity index (χ2v) is 13.8. The molecule has 0 aromatic carbocycles. The molecular formula is C30H46O3. The van der Waals surface area contributed by atoms with Gasteiger partial charge in [0.1, 0.15) is 11.9 Å². The van der Waals surface area contributed by atoms with Crippen LogP contribution in [-0.4, -0.2) is 29.2 Å². The average molecular weight is 455 g/mol. The predicted octanol–water partition coefficient (Wildman–Crippen LogP) is 6.65. The van der Waals surface area contributed by atoms with E-state index < -0.39 is 0 Å². The maximum Gasteiger partial charge on any atom is 0.145 e. The number of ether oxygens (including phenoxy) is 1. The van der Waals surface area contributed by atoms with E-state index in [2.05, 4.69) is 53.7 Å². The van der Waals surface area contributed by atoms with E-state index in [9.17, 15) is 9.90 Å². The maximum atomic E-state index is 11.0. The van der Waals surface area contributed by atoms with Crippen molar-refractivity contribution in [3.63, 3.8) is 0 Å². The van der Waals surface area contributed by atoms with Crippen LogP contribution in [0.4, 0.5) is 0 Å². The lowest BCUT2D eigenvalue weighted by atomic mass is 9.40. The molecule has 33 heavy (non-hydrogen) atoms. The summed E-state index contributed by atoms with van der Waals surface area (Å²) in [5.41, 5.74) is 2.90. The molecule has 0 aromatic heterocycles. The summed E-state index contributed by atoms with van der Waals surface area (Å²) in [5.74, 6) is 1.82. The smallest absolute Gasteiger partial charge is 0.145 e. The Morgan fingerprint density at radius 2 is 1.91 bits per heavy atom. The summed E-state index contributed by atoms with van der Waals surface area (Å²) in [6.45, 7) is 16.6. The lowest BCUT2D eigenvalue weighted by Crippen LogP contribution is -2.62.